The molecule has 4 aromatic rings. The van der Waals surface area contributed by atoms with Gasteiger partial charge in [-0.25, -0.2) is 9.97 Å². The normalized spacial score (nSPS) is 15.0. The fourth-order valence-electron chi connectivity index (χ4n) is 3.85. The van der Waals surface area contributed by atoms with E-state index in [9.17, 15) is 4.79 Å². The van der Waals surface area contributed by atoms with Crippen LogP contribution in [-0.2, 0) is 0 Å². The van der Waals surface area contributed by atoms with Crippen LogP contribution in [0.25, 0.3) is 21.8 Å². The zero-order chi connectivity index (χ0) is 19.6. The highest BCUT2D eigenvalue weighted by molar-refractivity contribution is 5.98. The van der Waals surface area contributed by atoms with Gasteiger partial charge >= 0.3 is 0 Å². The van der Waals surface area contributed by atoms with Crippen LogP contribution in [-0.4, -0.2) is 40.0 Å². The number of amides is 1. The van der Waals surface area contributed by atoms with Crippen LogP contribution in [0.2, 0.25) is 0 Å². The minimum atomic E-state index is 0.0473. The van der Waals surface area contributed by atoms with Gasteiger partial charge in [0, 0.05) is 31.5 Å². The maximum atomic E-state index is 12.9. The number of hydrogen-bond acceptors (Lipinski definition) is 4. The second kappa shape index (κ2) is 7.51. The Morgan fingerprint density at radius 3 is 2.45 bits per heavy atom. The number of nitrogens with zero attached hydrogens (tertiary/aromatic N) is 3. The molecular weight excluding hydrogens is 362 g/mol. The van der Waals surface area contributed by atoms with Gasteiger partial charge in [-0.2, -0.15) is 0 Å². The van der Waals surface area contributed by atoms with E-state index >= 15 is 0 Å². The molecule has 1 fully saturated rings. The van der Waals surface area contributed by atoms with Gasteiger partial charge in [0.15, 0.2) is 0 Å². The van der Waals surface area contributed by atoms with Crippen LogP contribution in [0, 0.1) is 0 Å². The van der Waals surface area contributed by atoms with E-state index in [-0.39, 0.29) is 12.0 Å². The molecule has 0 radical (unpaired) electrons. The van der Waals surface area contributed by atoms with Gasteiger partial charge in [0.2, 0.25) is 5.88 Å². The highest BCUT2D eigenvalue weighted by atomic mass is 16.5. The van der Waals surface area contributed by atoms with Gasteiger partial charge in [-0.1, -0.05) is 42.5 Å². The van der Waals surface area contributed by atoms with E-state index in [0.29, 0.717) is 19.0 Å². The summed E-state index contributed by atoms with van der Waals surface area (Å²) < 4.78 is 6.04. The summed E-state index contributed by atoms with van der Waals surface area (Å²) >= 11 is 0. The predicted octanol–water partition coefficient (Wildman–Crippen LogP) is 4.47. The monoisotopic (exact) mass is 383 g/mol. The van der Waals surface area contributed by atoms with Gasteiger partial charge in [-0.15, -0.1) is 0 Å². The van der Waals surface area contributed by atoms with Gasteiger partial charge < -0.3 is 9.64 Å². The van der Waals surface area contributed by atoms with E-state index in [1.165, 1.54) is 0 Å². The number of piperidine rings is 1. The largest absolute Gasteiger partial charge is 0.473 e. The Hall–Kier alpha value is -3.47. The Labute approximate surface area is 169 Å². The summed E-state index contributed by atoms with van der Waals surface area (Å²) in [6, 6.07) is 21.8. The van der Waals surface area contributed by atoms with Crippen molar-refractivity contribution in [3.63, 3.8) is 0 Å². The first-order valence-corrected chi connectivity index (χ1v) is 9.93. The van der Waals surface area contributed by atoms with E-state index < -0.39 is 0 Å². The number of fused-ring (bicyclic) bond motifs is 2. The van der Waals surface area contributed by atoms with Crippen molar-refractivity contribution in [1.82, 2.24) is 14.9 Å². The maximum Gasteiger partial charge on any atom is 0.253 e. The fourth-order valence-corrected chi connectivity index (χ4v) is 3.85. The molecule has 29 heavy (non-hydrogen) atoms. The molecule has 1 aliphatic rings. The van der Waals surface area contributed by atoms with Crippen molar-refractivity contribution in [1.29, 1.82) is 0 Å². The van der Waals surface area contributed by atoms with Crippen LogP contribution in [0.3, 0.4) is 0 Å². The molecule has 1 saturated heterocycles. The van der Waals surface area contributed by atoms with Crippen molar-refractivity contribution in [2.75, 3.05) is 13.1 Å². The molecule has 2 heterocycles. The van der Waals surface area contributed by atoms with Crippen molar-refractivity contribution in [3.05, 3.63) is 78.5 Å². The van der Waals surface area contributed by atoms with E-state index in [0.717, 1.165) is 40.2 Å². The fraction of sp³-hybridized carbons (Fsp3) is 0.208. The van der Waals surface area contributed by atoms with Crippen molar-refractivity contribution < 1.29 is 9.53 Å². The standard InChI is InChI=1S/C24H21N3O2/c28-24(19-10-9-17-5-1-2-6-18(17)15-19)27-13-11-20(12-14-27)29-23-16-25-21-7-3-4-8-22(21)26-23/h1-10,15-16,20H,11-14H2. The maximum absolute atomic E-state index is 12.9. The molecule has 0 saturated carbocycles. The van der Waals surface area contributed by atoms with Gasteiger partial charge in [0.25, 0.3) is 5.91 Å². The molecule has 0 aliphatic carbocycles. The molecule has 0 spiro atoms. The molecular formula is C24H21N3O2. The first kappa shape index (κ1) is 17.6. The number of hydrogen-bond donors (Lipinski definition) is 0. The van der Waals surface area contributed by atoms with Crippen LogP contribution < -0.4 is 4.74 Å². The first-order valence-electron chi connectivity index (χ1n) is 9.93. The lowest BCUT2D eigenvalue weighted by Crippen LogP contribution is -2.41. The number of ether oxygens (including phenoxy) is 1. The SMILES string of the molecule is O=C(c1ccc2ccccc2c1)N1CCC(Oc2cnc3ccccc3n2)CC1. The minimum Gasteiger partial charge on any atom is -0.473 e. The van der Waals surface area contributed by atoms with E-state index in [4.69, 9.17) is 4.74 Å². The first-order chi connectivity index (χ1) is 14.3. The number of likely N-dealkylation sites (tertiary alicyclic amines) is 1. The molecule has 0 N–H and O–H groups in total. The molecule has 5 heteroatoms. The van der Waals surface area contributed by atoms with E-state index in [1.54, 1.807) is 6.20 Å². The van der Waals surface area contributed by atoms with Crippen LogP contribution in [0.15, 0.2) is 72.9 Å². The molecule has 3 aromatic carbocycles. The molecule has 0 unspecified atom stereocenters. The summed E-state index contributed by atoms with van der Waals surface area (Å²) in [7, 11) is 0. The zero-order valence-corrected chi connectivity index (χ0v) is 16.0. The number of carbonyl (C=O) groups excluding carboxylic acids is 1. The molecule has 5 rings (SSSR count). The van der Waals surface area contributed by atoms with Gasteiger partial charge in [0.1, 0.15) is 6.10 Å². The van der Waals surface area contributed by atoms with Gasteiger partial charge in [-0.3, -0.25) is 4.79 Å². The average Bonchev–Trinajstić information content (AvgIpc) is 2.79. The van der Waals surface area contributed by atoms with Gasteiger partial charge in [0.05, 0.1) is 17.2 Å². The van der Waals surface area contributed by atoms with E-state index in [2.05, 4.69) is 16.0 Å². The lowest BCUT2D eigenvalue weighted by molar-refractivity contribution is 0.0588. The summed E-state index contributed by atoms with van der Waals surface area (Å²) in [6.07, 6.45) is 3.29. The smallest absolute Gasteiger partial charge is 0.253 e. The summed E-state index contributed by atoms with van der Waals surface area (Å²) in [4.78, 5) is 23.8. The van der Waals surface area contributed by atoms with Gasteiger partial charge in [-0.05, 0) is 35.0 Å². The quantitative estimate of drug-likeness (QED) is 0.524. The third-order valence-corrected chi connectivity index (χ3v) is 5.44. The predicted molar refractivity (Wildman–Crippen MR) is 113 cm³/mol. The molecule has 1 amide bonds. The van der Waals surface area contributed by atoms with Crippen molar-refractivity contribution in [3.8, 4) is 5.88 Å². The van der Waals surface area contributed by atoms with Crippen LogP contribution in [0.1, 0.15) is 23.2 Å². The second-order valence-corrected chi connectivity index (χ2v) is 7.37. The molecule has 0 bridgehead atoms. The van der Waals surface area contributed by atoms with E-state index in [1.807, 2.05) is 65.6 Å². The highest BCUT2D eigenvalue weighted by Crippen LogP contribution is 2.22. The lowest BCUT2D eigenvalue weighted by atomic mass is 10.0. The number of para-hydroxylation sites is 2. The van der Waals surface area contributed by atoms with Crippen LogP contribution >= 0.6 is 0 Å². The lowest BCUT2D eigenvalue weighted by Gasteiger charge is -2.32. The topological polar surface area (TPSA) is 55.3 Å². The van der Waals surface area contributed by atoms with Crippen molar-refractivity contribution in [2.24, 2.45) is 0 Å². The molecule has 1 aromatic heterocycles. The Kier molecular flexibility index (Phi) is 4.56. The Morgan fingerprint density at radius 1 is 0.897 bits per heavy atom. The summed E-state index contributed by atoms with van der Waals surface area (Å²) in [5.41, 5.74) is 2.42. The summed E-state index contributed by atoms with van der Waals surface area (Å²) in [5, 5.41) is 2.24. The molecule has 144 valence electrons. The minimum absolute atomic E-state index is 0.0473. The molecule has 5 nitrogen and oxygen atoms in total. The summed E-state index contributed by atoms with van der Waals surface area (Å²) in [5.74, 6) is 0.628. The van der Waals surface area contributed by atoms with Crippen LogP contribution in [0.4, 0.5) is 0 Å². The Morgan fingerprint density at radius 2 is 1.62 bits per heavy atom. The Bertz CT molecular complexity index is 1180. The third-order valence-electron chi connectivity index (χ3n) is 5.44. The average molecular weight is 383 g/mol. The number of carbonyl (C=O) groups is 1. The number of aromatic nitrogens is 2. The van der Waals surface area contributed by atoms with Crippen molar-refractivity contribution in [2.45, 2.75) is 18.9 Å². The zero-order valence-electron chi connectivity index (χ0n) is 16.0. The third kappa shape index (κ3) is 3.63. The number of benzene rings is 3. The number of rotatable bonds is 3. The Balaban J connectivity index is 1.23. The second-order valence-electron chi connectivity index (χ2n) is 7.37. The molecule has 1 aliphatic heterocycles. The van der Waals surface area contributed by atoms with Crippen molar-refractivity contribution >= 4 is 27.7 Å². The summed E-state index contributed by atoms with van der Waals surface area (Å²) in [6.45, 7) is 1.36. The highest BCUT2D eigenvalue weighted by Gasteiger charge is 2.25. The van der Waals surface area contributed by atoms with Crippen LogP contribution in [0.5, 0.6) is 5.88 Å². The molecule has 0 atom stereocenters.